The molecule has 2 atom stereocenters. The topological polar surface area (TPSA) is 47.7 Å². The van der Waals surface area contributed by atoms with Gasteiger partial charge < -0.3 is 15.2 Å². The fraction of sp³-hybridized carbons (Fsp3) is 0.600. The fourth-order valence-electron chi connectivity index (χ4n) is 2.94. The van der Waals surface area contributed by atoms with Crippen molar-refractivity contribution in [2.75, 3.05) is 27.3 Å². The molecule has 2 N–H and O–H groups in total. The summed E-state index contributed by atoms with van der Waals surface area (Å²) in [5, 5.41) is 0. The van der Waals surface area contributed by atoms with E-state index in [9.17, 15) is 0 Å². The first-order valence-electron chi connectivity index (χ1n) is 7.03. The third kappa shape index (κ3) is 2.95. The first-order valence-corrected chi connectivity index (χ1v) is 7.82. The second kappa shape index (κ2) is 6.78. The van der Waals surface area contributed by atoms with Crippen LogP contribution < -0.4 is 15.2 Å². The zero-order valence-electron chi connectivity index (χ0n) is 12.4. The van der Waals surface area contributed by atoms with Crippen LogP contribution in [0.25, 0.3) is 0 Å². The standard InChI is InChI=1S/C15H23BrN2O2/c1-4-6-18-7-5-12(17)15(18)10-8-13(19-2)14(20-3)9-11(10)16/h8-9,12,15H,4-7,17H2,1-3H3. The van der Waals surface area contributed by atoms with Crippen molar-refractivity contribution in [3.05, 3.63) is 22.2 Å². The smallest absolute Gasteiger partial charge is 0.161 e. The van der Waals surface area contributed by atoms with Crippen LogP contribution >= 0.6 is 15.9 Å². The molecule has 1 aromatic rings. The first kappa shape index (κ1) is 15.6. The van der Waals surface area contributed by atoms with Gasteiger partial charge in [0.15, 0.2) is 11.5 Å². The molecule has 0 bridgehead atoms. The van der Waals surface area contributed by atoms with Crippen molar-refractivity contribution < 1.29 is 9.47 Å². The van der Waals surface area contributed by atoms with Gasteiger partial charge in [0.1, 0.15) is 0 Å². The number of methoxy groups -OCH3 is 2. The highest BCUT2D eigenvalue weighted by Gasteiger charge is 2.34. The lowest BCUT2D eigenvalue weighted by Crippen LogP contribution is -2.32. The number of likely N-dealkylation sites (tertiary alicyclic amines) is 1. The number of halogens is 1. The average Bonchev–Trinajstić information content (AvgIpc) is 2.80. The van der Waals surface area contributed by atoms with E-state index < -0.39 is 0 Å². The maximum absolute atomic E-state index is 6.33. The van der Waals surface area contributed by atoms with Crippen molar-refractivity contribution >= 4 is 15.9 Å². The normalized spacial score (nSPS) is 23.1. The van der Waals surface area contributed by atoms with E-state index in [-0.39, 0.29) is 12.1 Å². The van der Waals surface area contributed by atoms with Gasteiger partial charge in [0.2, 0.25) is 0 Å². The second-order valence-corrected chi connectivity index (χ2v) is 6.02. The number of nitrogens with zero attached hydrogens (tertiary/aromatic N) is 1. The van der Waals surface area contributed by atoms with Gasteiger partial charge in [-0.15, -0.1) is 0 Å². The van der Waals surface area contributed by atoms with Gasteiger partial charge in [0.25, 0.3) is 0 Å². The van der Waals surface area contributed by atoms with E-state index >= 15 is 0 Å². The molecule has 0 saturated carbocycles. The number of rotatable bonds is 5. The monoisotopic (exact) mass is 342 g/mol. The van der Waals surface area contributed by atoms with Gasteiger partial charge in [-0.25, -0.2) is 0 Å². The molecule has 0 aliphatic carbocycles. The van der Waals surface area contributed by atoms with Gasteiger partial charge in [-0.1, -0.05) is 22.9 Å². The maximum Gasteiger partial charge on any atom is 0.161 e. The lowest BCUT2D eigenvalue weighted by molar-refractivity contribution is 0.246. The van der Waals surface area contributed by atoms with Crippen LogP contribution in [0.5, 0.6) is 11.5 Å². The average molecular weight is 343 g/mol. The summed E-state index contributed by atoms with van der Waals surface area (Å²) in [6.45, 7) is 4.32. The Morgan fingerprint density at radius 3 is 2.55 bits per heavy atom. The van der Waals surface area contributed by atoms with Gasteiger partial charge >= 0.3 is 0 Å². The van der Waals surface area contributed by atoms with E-state index in [1.54, 1.807) is 14.2 Å². The van der Waals surface area contributed by atoms with Crippen LogP contribution in [0.3, 0.4) is 0 Å². The van der Waals surface area contributed by atoms with Crippen molar-refractivity contribution in [1.29, 1.82) is 0 Å². The Hall–Kier alpha value is -0.780. The highest BCUT2D eigenvalue weighted by atomic mass is 79.9. The molecule has 0 amide bonds. The molecule has 5 heteroatoms. The number of benzene rings is 1. The molecule has 4 nitrogen and oxygen atoms in total. The third-order valence-electron chi connectivity index (χ3n) is 3.88. The summed E-state index contributed by atoms with van der Waals surface area (Å²) in [6, 6.07) is 4.41. The summed E-state index contributed by atoms with van der Waals surface area (Å²) >= 11 is 3.65. The molecule has 2 unspecified atom stereocenters. The lowest BCUT2D eigenvalue weighted by atomic mass is 10.00. The third-order valence-corrected chi connectivity index (χ3v) is 4.57. The molecular weight excluding hydrogens is 320 g/mol. The minimum atomic E-state index is 0.163. The van der Waals surface area contributed by atoms with Crippen molar-refractivity contribution in [2.45, 2.75) is 31.8 Å². The van der Waals surface area contributed by atoms with E-state index in [1.165, 1.54) is 5.56 Å². The molecule has 1 saturated heterocycles. The minimum absolute atomic E-state index is 0.163. The van der Waals surface area contributed by atoms with Crippen LogP contribution in [-0.4, -0.2) is 38.3 Å². The Labute approximate surface area is 129 Å². The van der Waals surface area contributed by atoms with Gasteiger partial charge in [-0.2, -0.15) is 0 Å². The van der Waals surface area contributed by atoms with E-state index in [2.05, 4.69) is 27.8 Å². The number of hydrogen-bond acceptors (Lipinski definition) is 4. The Balaban J connectivity index is 2.39. The Morgan fingerprint density at radius 2 is 1.95 bits per heavy atom. The predicted molar refractivity (Wildman–Crippen MR) is 84.4 cm³/mol. The van der Waals surface area contributed by atoms with E-state index in [0.717, 1.165) is 41.9 Å². The number of hydrogen-bond donors (Lipinski definition) is 1. The Bertz CT molecular complexity index is 465. The Kier molecular flexibility index (Phi) is 5.29. The van der Waals surface area contributed by atoms with Gasteiger partial charge in [-0.05, 0) is 37.1 Å². The van der Waals surface area contributed by atoms with Crippen LogP contribution in [0.2, 0.25) is 0 Å². The second-order valence-electron chi connectivity index (χ2n) is 5.16. The largest absolute Gasteiger partial charge is 0.493 e. The van der Waals surface area contributed by atoms with E-state index in [4.69, 9.17) is 15.2 Å². The maximum atomic E-state index is 6.33. The van der Waals surface area contributed by atoms with Crippen LogP contribution in [0.1, 0.15) is 31.4 Å². The SMILES string of the molecule is CCCN1CCC(N)C1c1cc(OC)c(OC)cc1Br. The molecule has 112 valence electrons. The summed E-state index contributed by atoms with van der Waals surface area (Å²) < 4.78 is 11.8. The number of nitrogens with two attached hydrogens (primary N) is 1. The van der Waals surface area contributed by atoms with Gasteiger partial charge in [-0.3, -0.25) is 4.90 Å². The summed E-state index contributed by atoms with van der Waals surface area (Å²) in [5.41, 5.74) is 7.51. The van der Waals surface area contributed by atoms with Crippen molar-refractivity contribution in [3.63, 3.8) is 0 Å². The van der Waals surface area contributed by atoms with E-state index in [1.807, 2.05) is 12.1 Å². The van der Waals surface area contributed by atoms with Crippen LogP contribution in [0, 0.1) is 0 Å². The Morgan fingerprint density at radius 1 is 1.30 bits per heavy atom. The summed E-state index contributed by atoms with van der Waals surface area (Å²) in [7, 11) is 3.31. The van der Waals surface area contributed by atoms with E-state index in [0.29, 0.717) is 0 Å². The van der Waals surface area contributed by atoms with Crippen LogP contribution in [0.15, 0.2) is 16.6 Å². The summed E-state index contributed by atoms with van der Waals surface area (Å²) in [4.78, 5) is 2.46. The molecule has 1 aliphatic rings. The molecule has 1 aromatic carbocycles. The quantitative estimate of drug-likeness (QED) is 0.893. The van der Waals surface area contributed by atoms with Crippen molar-refractivity contribution in [2.24, 2.45) is 5.73 Å². The molecule has 1 heterocycles. The predicted octanol–water partition coefficient (Wildman–Crippen LogP) is 2.95. The molecule has 2 rings (SSSR count). The van der Waals surface area contributed by atoms with Gasteiger partial charge in [0.05, 0.1) is 20.3 Å². The molecule has 0 spiro atoms. The van der Waals surface area contributed by atoms with Crippen LogP contribution in [-0.2, 0) is 0 Å². The van der Waals surface area contributed by atoms with Gasteiger partial charge in [0, 0.05) is 17.1 Å². The zero-order valence-corrected chi connectivity index (χ0v) is 13.9. The molecule has 1 aliphatic heterocycles. The fourth-order valence-corrected chi connectivity index (χ4v) is 3.50. The molecule has 1 fully saturated rings. The van der Waals surface area contributed by atoms with Crippen molar-refractivity contribution in [1.82, 2.24) is 4.90 Å². The lowest BCUT2D eigenvalue weighted by Gasteiger charge is -2.28. The summed E-state index contributed by atoms with van der Waals surface area (Å²) in [6.07, 6.45) is 2.17. The molecule has 0 radical (unpaired) electrons. The zero-order chi connectivity index (χ0) is 14.7. The molecule has 20 heavy (non-hydrogen) atoms. The highest BCUT2D eigenvalue weighted by molar-refractivity contribution is 9.10. The number of ether oxygens (including phenoxy) is 2. The molecule has 0 aromatic heterocycles. The first-order chi connectivity index (χ1) is 9.62. The van der Waals surface area contributed by atoms with Crippen molar-refractivity contribution in [3.8, 4) is 11.5 Å². The minimum Gasteiger partial charge on any atom is -0.493 e. The highest BCUT2D eigenvalue weighted by Crippen LogP contribution is 2.41. The van der Waals surface area contributed by atoms with Crippen LogP contribution in [0.4, 0.5) is 0 Å². The molecular formula is C15H23BrN2O2. The summed E-state index contributed by atoms with van der Waals surface area (Å²) in [5.74, 6) is 1.48.